The molecule has 13 heteroatoms. The number of phenolic OH excluding ortho intramolecular Hbond substituents is 1. The number of benzene rings is 1. The molecular formula is C21H30N4O9. The van der Waals surface area contributed by atoms with E-state index >= 15 is 0 Å². The molecule has 4 atom stereocenters. The van der Waals surface area contributed by atoms with E-state index < -0.39 is 72.8 Å². The minimum Gasteiger partial charge on any atom is -0.508 e. The minimum atomic E-state index is -1.60. The Morgan fingerprint density at radius 3 is 1.91 bits per heavy atom. The number of amides is 3. The third kappa shape index (κ3) is 9.03. The first kappa shape index (κ1) is 28.3. The van der Waals surface area contributed by atoms with E-state index in [0.717, 1.165) is 0 Å². The van der Waals surface area contributed by atoms with Crippen LogP contribution in [0.5, 0.6) is 5.75 Å². The summed E-state index contributed by atoms with van der Waals surface area (Å²) < 4.78 is 0. The first-order valence-corrected chi connectivity index (χ1v) is 10.4. The quantitative estimate of drug-likeness (QED) is 0.153. The van der Waals surface area contributed by atoms with E-state index in [9.17, 15) is 29.1 Å². The fourth-order valence-corrected chi connectivity index (χ4v) is 2.88. The Balaban J connectivity index is 2.91. The van der Waals surface area contributed by atoms with Gasteiger partial charge in [-0.2, -0.15) is 0 Å². The number of carbonyl (C=O) groups is 5. The van der Waals surface area contributed by atoms with Crippen molar-refractivity contribution in [2.75, 3.05) is 6.61 Å². The van der Waals surface area contributed by atoms with Crippen molar-refractivity contribution in [2.45, 2.75) is 50.9 Å². The molecule has 1 aromatic rings. The molecule has 0 heterocycles. The second-order valence-corrected chi connectivity index (χ2v) is 7.95. The lowest BCUT2D eigenvalue weighted by Gasteiger charge is -2.26. The van der Waals surface area contributed by atoms with Crippen molar-refractivity contribution in [3.8, 4) is 5.75 Å². The number of phenols is 1. The Bertz CT molecular complexity index is 889. The number of aliphatic hydroxyl groups is 1. The zero-order valence-corrected chi connectivity index (χ0v) is 18.7. The zero-order valence-electron chi connectivity index (χ0n) is 18.7. The maximum atomic E-state index is 12.7. The van der Waals surface area contributed by atoms with E-state index in [1.807, 2.05) is 0 Å². The van der Waals surface area contributed by atoms with Crippen LogP contribution in [0.3, 0.4) is 0 Å². The molecule has 0 radical (unpaired) electrons. The molecule has 1 aromatic carbocycles. The SMILES string of the molecule is CC(C)[C@H](NC(=O)[C@H](CC(=O)O)NC(=O)[C@@H](N)Cc1ccc(O)cc1)C(=O)N[C@@H](CO)C(=O)O. The fraction of sp³-hybridized carbons (Fsp3) is 0.476. The van der Waals surface area contributed by atoms with Crippen molar-refractivity contribution in [1.82, 2.24) is 16.0 Å². The van der Waals surface area contributed by atoms with Gasteiger partial charge in [0, 0.05) is 0 Å². The molecule has 0 aromatic heterocycles. The first-order valence-electron chi connectivity index (χ1n) is 10.4. The number of nitrogens with one attached hydrogen (secondary N) is 3. The van der Waals surface area contributed by atoms with Gasteiger partial charge < -0.3 is 42.1 Å². The molecule has 34 heavy (non-hydrogen) atoms. The molecule has 0 unspecified atom stereocenters. The van der Waals surface area contributed by atoms with Crippen LogP contribution in [0, 0.1) is 5.92 Å². The topological polar surface area (TPSA) is 228 Å². The second kappa shape index (κ2) is 13.1. The van der Waals surface area contributed by atoms with Crippen molar-refractivity contribution in [2.24, 2.45) is 11.7 Å². The van der Waals surface area contributed by atoms with Crippen molar-refractivity contribution in [1.29, 1.82) is 0 Å². The minimum absolute atomic E-state index is 0.0253. The number of nitrogens with two attached hydrogens (primary N) is 1. The number of carboxylic acid groups (broad SMARTS) is 2. The first-order chi connectivity index (χ1) is 15.8. The highest BCUT2D eigenvalue weighted by Gasteiger charge is 2.32. The smallest absolute Gasteiger partial charge is 0.328 e. The molecule has 0 spiro atoms. The van der Waals surface area contributed by atoms with Gasteiger partial charge in [-0.3, -0.25) is 19.2 Å². The number of hydrogen-bond donors (Lipinski definition) is 8. The van der Waals surface area contributed by atoms with Gasteiger partial charge in [0.25, 0.3) is 0 Å². The number of carboxylic acids is 2. The molecule has 0 aliphatic heterocycles. The number of hydrogen-bond acceptors (Lipinski definition) is 8. The molecule has 1 rings (SSSR count). The van der Waals surface area contributed by atoms with Gasteiger partial charge in [0.2, 0.25) is 17.7 Å². The number of carbonyl (C=O) groups excluding carboxylic acids is 3. The van der Waals surface area contributed by atoms with Gasteiger partial charge in [-0.05, 0) is 30.0 Å². The summed E-state index contributed by atoms with van der Waals surface area (Å²) in [5, 5.41) is 43.2. The number of aromatic hydroxyl groups is 1. The highest BCUT2D eigenvalue weighted by atomic mass is 16.4. The van der Waals surface area contributed by atoms with Crippen LogP contribution in [-0.2, 0) is 30.4 Å². The Morgan fingerprint density at radius 1 is 0.882 bits per heavy atom. The van der Waals surface area contributed by atoms with E-state index in [-0.39, 0.29) is 12.2 Å². The van der Waals surface area contributed by atoms with Gasteiger partial charge in [0.05, 0.1) is 19.1 Å². The normalized spacial score (nSPS) is 14.4. The lowest BCUT2D eigenvalue weighted by Crippen LogP contribution is -2.59. The van der Waals surface area contributed by atoms with Crippen LogP contribution >= 0.6 is 0 Å². The van der Waals surface area contributed by atoms with Gasteiger partial charge >= 0.3 is 11.9 Å². The summed E-state index contributed by atoms with van der Waals surface area (Å²) >= 11 is 0. The maximum Gasteiger partial charge on any atom is 0.328 e. The molecule has 0 bridgehead atoms. The summed E-state index contributed by atoms with van der Waals surface area (Å²) in [5.41, 5.74) is 6.48. The van der Waals surface area contributed by atoms with Crippen LogP contribution in [0.2, 0.25) is 0 Å². The molecule has 0 saturated heterocycles. The van der Waals surface area contributed by atoms with Crippen LogP contribution in [0.4, 0.5) is 0 Å². The predicted molar refractivity (Wildman–Crippen MR) is 117 cm³/mol. The van der Waals surface area contributed by atoms with E-state index in [0.29, 0.717) is 5.56 Å². The highest BCUT2D eigenvalue weighted by molar-refractivity contribution is 5.95. The van der Waals surface area contributed by atoms with E-state index in [2.05, 4.69) is 16.0 Å². The van der Waals surface area contributed by atoms with Crippen molar-refractivity contribution >= 4 is 29.7 Å². The Labute approximate surface area is 195 Å². The summed E-state index contributed by atoms with van der Waals surface area (Å²) in [7, 11) is 0. The summed E-state index contributed by atoms with van der Waals surface area (Å²) in [5.74, 6) is -6.11. The van der Waals surface area contributed by atoms with E-state index in [1.165, 1.54) is 12.1 Å². The largest absolute Gasteiger partial charge is 0.508 e. The molecule has 0 aliphatic carbocycles. The number of aliphatic carboxylic acids is 2. The highest BCUT2D eigenvalue weighted by Crippen LogP contribution is 2.11. The molecule has 0 aliphatic rings. The summed E-state index contributed by atoms with van der Waals surface area (Å²) in [6.45, 7) is 2.23. The van der Waals surface area contributed by atoms with E-state index in [1.54, 1.807) is 26.0 Å². The average molecular weight is 482 g/mol. The van der Waals surface area contributed by atoms with Gasteiger partial charge in [0.15, 0.2) is 0 Å². The van der Waals surface area contributed by atoms with Crippen LogP contribution < -0.4 is 21.7 Å². The summed E-state index contributed by atoms with van der Waals surface area (Å²) in [6.07, 6.45) is -0.757. The molecule has 188 valence electrons. The lowest BCUT2D eigenvalue weighted by atomic mass is 10.0. The third-order valence-corrected chi connectivity index (χ3v) is 4.78. The molecule has 0 saturated carbocycles. The zero-order chi connectivity index (χ0) is 26.0. The molecule has 9 N–H and O–H groups in total. The number of rotatable bonds is 13. The fourth-order valence-electron chi connectivity index (χ4n) is 2.88. The Hall–Kier alpha value is -3.71. The van der Waals surface area contributed by atoms with Crippen LogP contribution in [0.15, 0.2) is 24.3 Å². The third-order valence-electron chi connectivity index (χ3n) is 4.78. The molecular weight excluding hydrogens is 452 g/mol. The molecule has 13 nitrogen and oxygen atoms in total. The summed E-state index contributed by atoms with van der Waals surface area (Å²) in [6, 6.07) is 0.320. The van der Waals surface area contributed by atoms with Crippen LogP contribution in [0.25, 0.3) is 0 Å². The Kier molecular flexibility index (Phi) is 10.9. The average Bonchev–Trinajstić information content (AvgIpc) is 2.75. The van der Waals surface area contributed by atoms with Gasteiger partial charge in [-0.15, -0.1) is 0 Å². The lowest BCUT2D eigenvalue weighted by molar-refractivity contribution is -0.144. The van der Waals surface area contributed by atoms with Gasteiger partial charge in [0.1, 0.15) is 23.9 Å². The van der Waals surface area contributed by atoms with Gasteiger partial charge in [-0.25, -0.2) is 4.79 Å². The monoisotopic (exact) mass is 482 g/mol. The second-order valence-electron chi connectivity index (χ2n) is 7.95. The van der Waals surface area contributed by atoms with Crippen LogP contribution in [0.1, 0.15) is 25.8 Å². The van der Waals surface area contributed by atoms with Gasteiger partial charge in [-0.1, -0.05) is 26.0 Å². The van der Waals surface area contributed by atoms with Crippen molar-refractivity contribution < 1.29 is 44.4 Å². The number of aliphatic hydroxyl groups excluding tert-OH is 1. The molecule has 0 fully saturated rings. The maximum absolute atomic E-state index is 12.7. The summed E-state index contributed by atoms with van der Waals surface area (Å²) in [4.78, 5) is 60.0. The van der Waals surface area contributed by atoms with Crippen LogP contribution in [-0.4, -0.2) is 80.9 Å². The van der Waals surface area contributed by atoms with E-state index in [4.69, 9.17) is 21.1 Å². The Morgan fingerprint density at radius 2 is 1.44 bits per heavy atom. The standard InChI is InChI=1S/C21H30N4O9/c1-10(2)17(20(32)24-15(9-26)21(33)34)25-19(31)14(8-16(28)29)23-18(30)13(22)7-11-3-5-12(27)6-4-11/h3-6,10,13-15,17,26-27H,7-9,22H2,1-2H3,(H,23,30)(H,24,32)(H,25,31)(H,28,29)(H,33,34)/t13-,14-,15-,17-/m0/s1. The van der Waals surface area contributed by atoms with Crippen molar-refractivity contribution in [3.05, 3.63) is 29.8 Å². The molecule has 3 amide bonds. The predicted octanol–water partition coefficient (Wildman–Crippen LogP) is -2.08. The van der Waals surface area contributed by atoms with Crippen molar-refractivity contribution in [3.63, 3.8) is 0 Å².